The fraction of sp³-hybridized carbons (Fsp3) is 0.267. The summed E-state index contributed by atoms with van der Waals surface area (Å²) in [5, 5.41) is 0. The highest BCUT2D eigenvalue weighted by atomic mass is 16.5. The molecule has 0 bridgehead atoms. The average Bonchev–Trinajstić information content (AvgIpc) is 2.96. The van der Waals surface area contributed by atoms with Gasteiger partial charge in [-0.05, 0) is 24.3 Å². The summed E-state index contributed by atoms with van der Waals surface area (Å²) in [4.78, 5) is 7.01. The first-order chi connectivity index (χ1) is 9.43. The zero-order valence-electron chi connectivity index (χ0n) is 10.6. The van der Waals surface area contributed by atoms with Gasteiger partial charge in [0, 0.05) is 19.3 Å². The van der Waals surface area contributed by atoms with Crippen LogP contribution in [0.1, 0.15) is 0 Å². The Bertz CT molecular complexity index is 728. The highest BCUT2D eigenvalue weighted by molar-refractivity contribution is 5.90. The molecule has 0 unspecified atom stereocenters. The van der Waals surface area contributed by atoms with Crippen LogP contribution in [0.15, 0.2) is 42.7 Å². The van der Waals surface area contributed by atoms with Crippen molar-refractivity contribution < 1.29 is 4.74 Å². The molecule has 0 radical (unpaired) electrons. The minimum atomic E-state index is 0.794. The van der Waals surface area contributed by atoms with Crippen LogP contribution < -0.4 is 4.90 Å². The van der Waals surface area contributed by atoms with E-state index >= 15 is 0 Å². The van der Waals surface area contributed by atoms with Gasteiger partial charge in [-0.15, -0.1) is 0 Å². The van der Waals surface area contributed by atoms with Gasteiger partial charge in [0.25, 0.3) is 0 Å². The highest BCUT2D eigenvalue weighted by Crippen LogP contribution is 2.26. The van der Waals surface area contributed by atoms with Crippen LogP contribution in [0.2, 0.25) is 0 Å². The maximum Gasteiger partial charge on any atom is 0.110 e. The van der Waals surface area contributed by atoms with Crippen molar-refractivity contribution in [3.8, 4) is 0 Å². The van der Waals surface area contributed by atoms with E-state index in [0.717, 1.165) is 42.9 Å². The van der Waals surface area contributed by atoms with E-state index in [2.05, 4.69) is 50.8 Å². The van der Waals surface area contributed by atoms with Crippen molar-refractivity contribution in [1.29, 1.82) is 0 Å². The molecule has 2 aromatic heterocycles. The second kappa shape index (κ2) is 4.24. The Kier molecular flexibility index (Phi) is 2.42. The first kappa shape index (κ1) is 10.8. The molecule has 3 heterocycles. The Hall–Kier alpha value is -2.07. The number of aromatic nitrogens is 2. The maximum atomic E-state index is 5.42. The van der Waals surface area contributed by atoms with E-state index in [9.17, 15) is 0 Å². The van der Waals surface area contributed by atoms with Gasteiger partial charge in [-0.25, -0.2) is 0 Å². The van der Waals surface area contributed by atoms with Gasteiger partial charge in [-0.3, -0.25) is 4.98 Å². The lowest BCUT2D eigenvalue weighted by molar-refractivity contribution is 0.123. The van der Waals surface area contributed by atoms with Crippen molar-refractivity contribution in [2.75, 3.05) is 31.2 Å². The molecule has 4 heteroatoms. The smallest absolute Gasteiger partial charge is 0.110 e. The van der Waals surface area contributed by atoms with Crippen LogP contribution in [-0.2, 0) is 4.74 Å². The minimum Gasteiger partial charge on any atom is -0.378 e. The van der Waals surface area contributed by atoms with Crippen LogP contribution in [0.4, 0.5) is 5.69 Å². The summed E-state index contributed by atoms with van der Waals surface area (Å²) < 4.78 is 7.61. The number of anilines is 1. The molecule has 0 amide bonds. The topological polar surface area (TPSA) is 29.8 Å². The van der Waals surface area contributed by atoms with Gasteiger partial charge in [-0.2, -0.15) is 0 Å². The fourth-order valence-corrected chi connectivity index (χ4v) is 2.75. The summed E-state index contributed by atoms with van der Waals surface area (Å²) in [6.45, 7) is 3.46. The van der Waals surface area contributed by atoms with Crippen LogP contribution >= 0.6 is 0 Å². The average molecular weight is 253 g/mol. The quantitative estimate of drug-likeness (QED) is 0.666. The van der Waals surface area contributed by atoms with Gasteiger partial charge in [0.1, 0.15) is 5.52 Å². The number of hydrogen-bond acceptors (Lipinski definition) is 3. The van der Waals surface area contributed by atoms with Crippen molar-refractivity contribution in [1.82, 2.24) is 9.38 Å². The number of ether oxygens (including phenoxy) is 1. The lowest BCUT2D eigenvalue weighted by atomic mass is 10.2. The lowest BCUT2D eigenvalue weighted by Crippen LogP contribution is -2.36. The van der Waals surface area contributed by atoms with Gasteiger partial charge in [-0.1, -0.05) is 6.07 Å². The van der Waals surface area contributed by atoms with Crippen LogP contribution in [0.5, 0.6) is 0 Å². The molecule has 4 nitrogen and oxygen atoms in total. The Morgan fingerprint density at radius 2 is 1.95 bits per heavy atom. The van der Waals surface area contributed by atoms with E-state index in [1.54, 1.807) is 0 Å². The van der Waals surface area contributed by atoms with Crippen LogP contribution in [-0.4, -0.2) is 35.7 Å². The number of rotatable bonds is 1. The van der Waals surface area contributed by atoms with E-state index < -0.39 is 0 Å². The molecule has 4 rings (SSSR count). The normalized spacial score (nSPS) is 16.3. The van der Waals surface area contributed by atoms with Crippen LogP contribution in [0.25, 0.3) is 16.6 Å². The van der Waals surface area contributed by atoms with Gasteiger partial charge >= 0.3 is 0 Å². The number of nitrogens with zero attached hydrogens (tertiary/aromatic N) is 3. The molecule has 0 saturated carbocycles. The molecule has 1 saturated heterocycles. The first-order valence-corrected chi connectivity index (χ1v) is 6.61. The van der Waals surface area contributed by atoms with Gasteiger partial charge in [0.15, 0.2) is 0 Å². The van der Waals surface area contributed by atoms with Crippen molar-refractivity contribution in [2.24, 2.45) is 0 Å². The summed E-state index contributed by atoms with van der Waals surface area (Å²) in [7, 11) is 0. The van der Waals surface area contributed by atoms with Crippen LogP contribution in [0, 0.1) is 0 Å². The number of hydrogen-bond donors (Lipinski definition) is 0. The summed E-state index contributed by atoms with van der Waals surface area (Å²) in [6.07, 6.45) is 4.02. The monoisotopic (exact) mass is 253 g/mol. The summed E-state index contributed by atoms with van der Waals surface area (Å²) >= 11 is 0. The molecule has 0 spiro atoms. The molecular formula is C15H15N3O. The number of morpholine rings is 1. The lowest BCUT2D eigenvalue weighted by Gasteiger charge is -2.29. The Balaban J connectivity index is 1.95. The largest absolute Gasteiger partial charge is 0.378 e. The molecule has 0 atom stereocenters. The minimum absolute atomic E-state index is 0.794. The molecular weight excluding hydrogens is 238 g/mol. The van der Waals surface area contributed by atoms with Gasteiger partial charge in [0.05, 0.1) is 36.1 Å². The SMILES string of the molecule is c1cc(N2CCOCC2)c2ncc3cccn3c2c1. The number of para-hydroxylation sites is 1. The Labute approximate surface area is 111 Å². The second-order valence-corrected chi connectivity index (χ2v) is 4.81. The highest BCUT2D eigenvalue weighted by Gasteiger charge is 2.15. The number of benzene rings is 1. The van der Waals surface area contributed by atoms with Crippen molar-refractivity contribution in [2.45, 2.75) is 0 Å². The summed E-state index contributed by atoms with van der Waals surface area (Å²) in [5.74, 6) is 0. The predicted octanol–water partition coefficient (Wildman–Crippen LogP) is 2.32. The summed E-state index contributed by atoms with van der Waals surface area (Å²) in [5.41, 5.74) is 4.56. The molecule has 1 fully saturated rings. The summed E-state index contributed by atoms with van der Waals surface area (Å²) in [6, 6.07) is 10.5. The van der Waals surface area contributed by atoms with Crippen molar-refractivity contribution in [3.05, 3.63) is 42.7 Å². The fourth-order valence-electron chi connectivity index (χ4n) is 2.75. The molecule has 1 aromatic carbocycles. The van der Waals surface area contributed by atoms with Crippen LogP contribution in [0.3, 0.4) is 0 Å². The third-order valence-corrected chi connectivity index (χ3v) is 3.71. The van der Waals surface area contributed by atoms with Gasteiger partial charge < -0.3 is 14.0 Å². The molecule has 19 heavy (non-hydrogen) atoms. The van der Waals surface area contributed by atoms with E-state index in [4.69, 9.17) is 4.74 Å². The first-order valence-electron chi connectivity index (χ1n) is 6.61. The Morgan fingerprint density at radius 1 is 1.05 bits per heavy atom. The number of fused-ring (bicyclic) bond motifs is 3. The van der Waals surface area contributed by atoms with E-state index in [-0.39, 0.29) is 0 Å². The molecule has 0 aliphatic carbocycles. The van der Waals surface area contributed by atoms with Crippen molar-refractivity contribution >= 4 is 22.2 Å². The van der Waals surface area contributed by atoms with E-state index in [1.165, 1.54) is 5.69 Å². The molecule has 1 aliphatic rings. The van der Waals surface area contributed by atoms with Crippen molar-refractivity contribution in [3.63, 3.8) is 0 Å². The third kappa shape index (κ3) is 1.68. The second-order valence-electron chi connectivity index (χ2n) is 4.81. The standard InChI is InChI=1S/C15H15N3O/c1-4-13(17-7-9-19-10-8-17)15-14(5-1)18-6-2-3-12(18)11-16-15/h1-6,11H,7-10H2. The third-order valence-electron chi connectivity index (χ3n) is 3.71. The van der Waals surface area contributed by atoms with E-state index in [0.29, 0.717) is 0 Å². The zero-order chi connectivity index (χ0) is 12.7. The van der Waals surface area contributed by atoms with Gasteiger partial charge in [0.2, 0.25) is 0 Å². The maximum absolute atomic E-state index is 5.42. The Morgan fingerprint density at radius 3 is 2.84 bits per heavy atom. The molecule has 3 aromatic rings. The molecule has 1 aliphatic heterocycles. The zero-order valence-corrected chi connectivity index (χ0v) is 10.6. The molecule has 96 valence electrons. The molecule has 0 N–H and O–H groups in total. The predicted molar refractivity (Wildman–Crippen MR) is 75.7 cm³/mol. The van der Waals surface area contributed by atoms with E-state index in [1.807, 2.05) is 6.20 Å².